The normalized spacial score (nSPS) is 10.8. The summed E-state index contributed by atoms with van der Waals surface area (Å²) in [6.45, 7) is 2.04. The summed E-state index contributed by atoms with van der Waals surface area (Å²) in [7, 11) is -3.61. The molecule has 0 unspecified atom stereocenters. The van der Waals surface area contributed by atoms with Crippen LogP contribution in [-0.4, -0.2) is 21.0 Å². The fourth-order valence-corrected chi connectivity index (χ4v) is 2.94. The lowest BCUT2D eigenvalue weighted by Crippen LogP contribution is -2.12. The molecule has 0 fully saturated rings. The van der Waals surface area contributed by atoms with Gasteiger partial charge in [-0.2, -0.15) is 0 Å². The van der Waals surface area contributed by atoms with Gasteiger partial charge in [0.05, 0.1) is 11.5 Å². The molecule has 128 valence electrons. The summed E-state index contributed by atoms with van der Waals surface area (Å²) in [4.78, 5) is 11.3. The molecule has 0 radical (unpaired) electrons. The summed E-state index contributed by atoms with van der Waals surface area (Å²) in [5, 5.41) is 0. The number of carbonyl (C=O) groups is 1. The molecule has 25 heavy (non-hydrogen) atoms. The van der Waals surface area contributed by atoms with E-state index in [9.17, 15) is 13.2 Å². The van der Waals surface area contributed by atoms with Crippen LogP contribution >= 0.6 is 0 Å². The van der Waals surface area contributed by atoms with Crippen molar-refractivity contribution >= 4 is 21.7 Å². The monoisotopic (exact) mass is 355 g/mol. The Bertz CT molecular complexity index is 905. The van der Waals surface area contributed by atoms with E-state index in [0.29, 0.717) is 17.9 Å². The maximum absolute atomic E-state index is 12.2. The molecule has 0 amide bonds. The summed E-state index contributed by atoms with van der Waals surface area (Å²) >= 11 is 0. The quantitative estimate of drug-likeness (QED) is 0.508. The van der Waals surface area contributed by atoms with E-state index >= 15 is 0 Å². The molecular weight excluding hydrogens is 338 g/mol. The summed E-state index contributed by atoms with van der Waals surface area (Å²) < 4.78 is 31.7. The Hall–Kier alpha value is -3.04. The molecule has 0 aliphatic heterocycles. The number of anilines is 1. The van der Waals surface area contributed by atoms with E-state index in [4.69, 9.17) is 4.74 Å². The van der Waals surface area contributed by atoms with Crippen LogP contribution < -0.4 is 4.72 Å². The lowest BCUT2D eigenvalue weighted by molar-refractivity contribution is -0.137. The first-order valence-corrected chi connectivity index (χ1v) is 9.02. The van der Waals surface area contributed by atoms with Gasteiger partial charge in [-0.25, -0.2) is 13.2 Å². The van der Waals surface area contributed by atoms with Gasteiger partial charge >= 0.3 is 5.97 Å². The second-order valence-electron chi connectivity index (χ2n) is 4.85. The molecule has 0 aromatic heterocycles. The maximum Gasteiger partial charge on any atom is 0.331 e. The largest absolute Gasteiger partial charge is 0.463 e. The Morgan fingerprint density at radius 2 is 1.80 bits per heavy atom. The summed E-state index contributed by atoms with van der Waals surface area (Å²) in [6, 6.07) is 14.8. The topological polar surface area (TPSA) is 72.5 Å². The zero-order valence-electron chi connectivity index (χ0n) is 13.6. The van der Waals surface area contributed by atoms with Crippen molar-refractivity contribution in [2.24, 2.45) is 0 Å². The highest BCUT2D eigenvalue weighted by Gasteiger charge is 2.12. The van der Waals surface area contributed by atoms with Crippen molar-refractivity contribution in [2.45, 2.75) is 11.8 Å². The standard InChI is InChI=1S/C19H17NO4S/c1-2-24-19(21)11-7-6-8-16-12-14-17(15-13-16)20-25(22,23)18-9-4-3-5-10-18/h3-5,7,9-15,20H,2H2,1H3/b11-7+. The average Bonchev–Trinajstić information content (AvgIpc) is 2.61. The minimum Gasteiger partial charge on any atom is -0.463 e. The maximum atomic E-state index is 12.2. The molecule has 0 atom stereocenters. The number of esters is 1. The van der Waals surface area contributed by atoms with Gasteiger partial charge in [0.25, 0.3) is 10.0 Å². The van der Waals surface area contributed by atoms with Crippen molar-refractivity contribution in [1.82, 2.24) is 0 Å². The second kappa shape index (κ2) is 8.71. The lowest BCUT2D eigenvalue weighted by atomic mass is 10.2. The predicted molar refractivity (Wildman–Crippen MR) is 96.3 cm³/mol. The van der Waals surface area contributed by atoms with E-state index in [-0.39, 0.29) is 4.90 Å². The number of hydrogen-bond donors (Lipinski definition) is 1. The number of ether oxygens (including phenoxy) is 1. The SMILES string of the molecule is CCOC(=O)/C=C/C#Cc1ccc(NS(=O)(=O)c2ccccc2)cc1. The molecule has 0 spiro atoms. The average molecular weight is 355 g/mol. The van der Waals surface area contributed by atoms with Crippen LogP contribution in [0.2, 0.25) is 0 Å². The highest BCUT2D eigenvalue weighted by Crippen LogP contribution is 2.16. The van der Waals surface area contributed by atoms with Crippen LogP contribution in [0.25, 0.3) is 0 Å². The van der Waals surface area contributed by atoms with Crippen LogP contribution in [0, 0.1) is 11.8 Å². The van der Waals surface area contributed by atoms with Crippen LogP contribution in [0.3, 0.4) is 0 Å². The number of hydrogen-bond acceptors (Lipinski definition) is 4. The van der Waals surface area contributed by atoms with Gasteiger partial charge in [-0.1, -0.05) is 30.0 Å². The van der Waals surface area contributed by atoms with Crippen molar-refractivity contribution in [3.8, 4) is 11.8 Å². The third kappa shape index (κ3) is 5.83. The van der Waals surface area contributed by atoms with E-state index in [2.05, 4.69) is 16.6 Å². The number of benzene rings is 2. The predicted octanol–water partition coefficient (Wildman–Crippen LogP) is 2.96. The van der Waals surface area contributed by atoms with Crippen molar-refractivity contribution in [1.29, 1.82) is 0 Å². The molecule has 0 saturated heterocycles. The van der Waals surface area contributed by atoms with Crippen molar-refractivity contribution in [3.05, 3.63) is 72.3 Å². The first kappa shape index (κ1) is 18.3. The third-order valence-electron chi connectivity index (χ3n) is 3.00. The van der Waals surface area contributed by atoms with Crippen LogP contribution in [0.5, 0.6) is 0 Å². The van der Waals surface area contributed by atoms with Crippen LogP contribution in [0.4, 0.5) is 5.69 Å². The first-order valence-electron chi connectivity index (χ1n) is 7.54. The molecule has 1 N–H and O–H groups in total. The van der Waals surface area contributed by atoms with E-state index in [1.165, 1.54) is 24.3 Å². The molecular formula is C19H17NO4S. The summed E-state index contributed by atoms with van der Waals surface area (Å²) in [6.07, 6.45) is 2.66. The van der Waals surface area contributed by atoms with Gasteiger partial charge in [0.15, 0.2) is 0 Å². The molecule has 0 saturated carbocycles. The Kier molecular flexibility index (Phi) is 6.38. The Labute approximate surface area is 147 Å². The fourth-order valence-electron chi connectivity index (χ4n) is 1.86. The Morgan fingerprint density at radius 3 is 2.44 bits per heavy atom. The van der Waals surface area contributed by atoms with Gasteiger partial charge in [-0.05, 0) is 49.4 Å². The van der Waals surface area contributed by atoms with Crippen molar-refractivity contribution in [3.63, 3.8) is 0 Å². The molecule has 0 bridgehead atoms. The fraction of sp³-hybridized carbons (Fsp3) is 0.105. The molecule has 0 aliphatic carbocycles. The smallest absolute Gasteiger partial charge is 0.331 e. The first-order chi connectivity index (χ1) is 12.0. The van der Waals surface area contributed by atoms with Gasteiger partial charge in [-0.15, -0.1) is 0 Å². The number of carbonyl (C=O) groups excluding carboxylic acids is 1. The van der Waals surface area contributed by atoms with Gasteiger partial charge in [-0.3, -0.25) is 4.72 Å². The number of allylic oxidation sites excluding steroid dienone is 1. The summed E-state index contributed by atoms with van der Waals surface area (Å²) in [5.74, 6) is 5.11. The Morgan fingerprint density at radius 1 is 1.12 bits per heavy atom. The van der Waals surface area contributed by atoms with Crippen LogP contribution in [-0.2, 0) is 19.6 Å². The Balaban J connectivity index is 2.02. The van der Waals surface area contributed by atoms with Gasteiger partial charge in [0.1, 0.15) is 0 Å². The van der Waals surface area contributed by atoms with E-state index in [0.717, 1.165) is 0 Å². The highest BCUT2D eigenvalue weighted by atomic mass is 32.2. The third-order valence-corrected chi connectivity index (χ3v) is 4.39. The van der Waals surface area contributed by atoms with Crippen LogP contribution in [0.1, 0.15) is 12.5 Å². The molecule has 0 heterocycles. The molecule has 0 aliphatic rings. The van der Waals surface area contributed by atoms with Crippen molar-refractivity contribution < 1.29 is 17.9 Å². The number of sulfonamides is 1. The zero-order chi connectivity index (χ0) is 18.1. The molecule has 5 nitrogen and oxygen atoms in total. The van der Waals surface area contributed by atoms with E-state index < -0.39 is 16.0 Å². The molecule has 6 heteroatoms. The number of nitrogens with one attached hydrogen (secondary N) is 1. The molecule has 2 aromatic carbocycles. The number of rotatable bonds is 5. The minimum atomic E-state index is -3.61. The van der Waals surface area contributed by atoms with Gasteiger partial charge < -0.3 is 4.74 Å². The van der Waals surface area contributed by atoms with E-state index in [1.54, 1.807) is 49.4 Å². The minimum absolute atomic E-state index is 0.197. The molecule has 2 aromatic rings. The van der Waals surface area contributed by atoms with E-state index in [1.807, 2.05) is 0 Å². The second-order valence-corrected chi connectivity index (χ2v) is 6.53. The van der Waals surface area contributed by atoms with Gasteiger partial charge in [0.2, 0.25) is 0 Å². The molecule has 2 rings (SSSR count). The zero-order valence-corrected chi connectivity index (χ0v) is 14.4. The highest BCUT2D eigenvalue weighted by molar-refractivity contribution is 7.92. The summed E-state index contributed by atoms with van der Waals surface area (Å²) in [5.41, 5.74) is 1.13. The van der Waals surface area contributed by atoms with Crippen molar-refractivity contribution in [2.75, 3.05) is 11.3 Å². The van der Waals surface area contributed by atoms with Gasteiger partial charge in [0, 0.05) is 17.3 Å². The van der Waals surface area contributed by atoms with Crippen LogP contribution in [0.15, 0.2) is 71.6 Å². The lowest BCUT2D eigenvalue weighted by Gasteiger charge is -2.07.